The first-order valence-electron chi connectivity index (χ1n) is 8.22. The molecule has 1 aliphatic heterocycles. The number of morpholine rings is 1. The molecule has 0 unspecified atom stereocenters. The van der Waals surface area contributed by atoms with Crippen molar-refractivity contribution < 1.29 is 9.26 Å². The van der Waals surface area contributed by atoms with Crippen LogP contribution < -0.4 is 5.73 Å². The summed E-state index contributed by atoms with van der Waals surface area (Å²) in [7, 11) is 0. The highest BCUT2D eigenvalue weighted by Gasteiger charge is 2.15. The van der Waals surface area contributed by atoms with Crippen molar-refractivity contribution in [2.45, 2.75) is 6.54 Å². The van der Waals surface area contributed by atoms with E-state index in [1.165, 1.54) is 5.56 Å². The molecule has 25 heavy (non-hydrogen) atoms. The highest BCUT2D eigenvalue weighted by molar-refractivity contribution is 5.70. The summed E-state index contributed by atoms with van der Waals surface area (Å²) in [5, 5.41) is 4.09. The number of pyridine rings is 1. The summed E-state index contributed by atoms with van der Waals surface area (Å²) in [6.45, 7) is 4.38. The highest BCUT2D eigenvalue weighted by Crippen LogP contribution is 2.26. The van der Waals surface area contributed by atoms with Crippen LogP contribution in [0.3, 0.4) is 0 Å². The molecule has 2 N–H and O–H groups in total. The van der Waals surface area contributed by atoms with E-state index in [1.807, 2.05) is 12.1 Å². The van der Waals surface area contributed by atoms with Crippen molar-refractivity contribution in [3.63, 3.8) is 0 Å². The van der Waals surface area contributed by atoms with Crippen LogP contribution in [0.25, 0.3) is 22.8 Å². The van der Waals surface area contributed by atoms with Gasteiger partial charge in [0.25, 0.3) is 5.89 Å². The van der Waals surface area contributed by atoms with Crippen LogP contribution in [0, 0.1) is 0 Å². The first-order chi connectivity index (χ1) is 12.3. The van der Waals surface area contributed by atoms with Crippen LogP contribution in [0.4, 0.5) is 5.69 Å². The second-order valence-electron chi connectivity index (χ2n) is 5.97. The lowest BCUT2D eigenvalue weighted by molar-refractivity contribution is 0.0342. The molecule has 1 aliphatic rings. The summed E-state index contributed by atoms with van der Waals surface area (Å²) in [6.07, 6.45) is 3.26. The first kappa shape index (κ1) is 15.7. The van der Waals surface area contributed by atoms with Crippen LogP contribution in [0.1, 0.15) is 5.56 Å². The molecule has 4 rings (SSSR count). The van der Waals surface area contributed by atoms with Crippen molar-refractivity contribution in [2.24, 2.45) is 0 Å². The Balaban J connectivity index is 1.56. The molecule has 0 bridgehead atoms. The summed E-state index contributed by atoms with van der Waals surface area (Å²) in [4.78, 5) is 10.9. The third-order valence-corrected chi connectivity index (χ3v) is 4.21. The number of nitrogens with two attached hydrogens (primary N) is 1. The lowest BCUT2D eigenvalue weighted by Crippen LogP contribution is -2.35. The van der Waals surface area contributed by atoms with Crippen LogP contribution >= 0.6 is 0 Å². The van der Waals surface area contributed by atoms with E-state index in [-0.39, 0.29) is 0 Å². The molecular weight excluding hydrogens is 318 g/mol. The smallest absolute Gasteiger partial charge is 0.261 e. The van der Waals surface area contributed by atoms with Gasteiger partial charge in [-0.1, -0.05) is 23.4 Å². The number of hydrogen-bond donors (Lipinski definition) is 1. The van der Waals surface area contributed by atoms with Gasteiger partial charge in [-0.3, -0.25) is 9.88 Å². The van der Waals surface area contributed by atoms with Crippen molar-refractivity contribution in [2.75, 3.05) is 32.0 Å². The molecule has 1 saturated heterocycles. The van der Waals surface area contributed by atoms with Gasteiger partial charge in [-0.2, -0.15) is 4.98 Å². The average Bonchev–Trinajstić information content (AvgIpc) is 3.13. The van der Waals surface area contributed by atoms with E-state index < -0.39 is 0 Å². The molecule has 0 atom stereocenters. The van der Waals surface area contributed by atoms with Gasteiger partial charge < -0.3 is 15.0 Å². The van der Waals surface area contributed by atoms with Crippen molar-refractivity contribution in [3.8, 4) is 22.8 Å². The number of hydrogen-bond acceptors (Lipinski definition) is 7. The summed E-state index contributed by atoms with van der Waals surface area (Å²) in [6, 6.07) is 9.90. The fourth-order valence-corrected chi connectivity index (χ4v) is 2.86. The van der Waals surface area contributed by atoms with Gasteiger partial charge in [-0.15, -0.1) is 0 Å². The van der Waals surface area contributed by atoms with Crippen molar-refractivity contribution >= 4 is 5.69 Å². The fraction of sp³-hybridized carbons (Fsp3) is 0.278. The topological polar surface area (TPSA) is 90.3 Å². The van der Waals surface area contributed by atoms with E-state index >= 15 is 0 Å². The Morgan fingerprint density at radius 2 is 2.04 bits per heavy atom. The predicted molar refractivity (Wildman–Crippen MR) is 93.5 cm³/mol. The SMILES string of the molecule is Nc1ccncc1-c1nc(-c2cccc(CN3CCOCC3)c2)no1. The van der Waals surface area contributed by atoms with Gasteiger partial charge >= 0.3 is 0 Å². The Morgan fingerprint density at radius 1 is 1.16 bits per heavy atom. The van der Waals surface area contributed by atoms with Gasteiger partial charge in [-0.25, -0.2) is 0 Å². The maximum Gasteiger partial charge on any atom is 0.261 e. The summed E-state index contributed by atoms with van der Waals surface area (Å²) in [5.74, 6) is 0.918. The summed E-state index contributed by atoms with van der Waals surface area (Å²) < 4.78 is 10.8. The fourth-order valence-electron chi connectivity index (χ4n) is 2.86. The molecular formula is C18H19N5O2. The molecule has 3 heterocycles. The zero-order chi connectivity index (χ0) is 17.1. The molecule has 0 saturated carbocycles. The normalized spacial score (nSPS) is 15.4. The maximum atomic E-state index is 5.95. The van der Waals surface area contributed by atoms with E-state index in [2.05, 4.69) is 32.2 Å². The standard InChI is InChI=1S/C18H19N5O2/c19-16-4-5-20-11-15(16)18-21-17(22-25-18)14-3-1-2-13(10-14)12-23-6-8-24-9-7-23/h1-5,10-11H,6-9,12H2,(H2,19,20). The third kappa shape index (κ3) is 3.52. The van der Waals surface area contributed by atoms with E-state index in [4.69, 9.17) is 15.0 Å². The number of anilines is 1. The van der Waals surface area contributed by atoms with Crippen LogP contribution in [0.2, 0.25) is 0 Å². The first-order valence-corrected chi connectivity index (χ1v) is 8.22. The predicted octanol–water partition coefficient (Wildman–Crippen LogP) is 2.21. The van der Waals surface area contributed by atoms with E-state index in [1.54, 1.807) is 18.5 Å². The molecule has 3 aromatic rings. The van der Waals surface area contributed by atoms with Gasteiger partial charge in [-0.05, 0) is 17.7 Å². The average molecular weight is 337 g/mol. The minimum atomic E-state index is 0.374. The molecule has 7 heteroatoms. The molecule has 0 amide bonds. The molecule has 7 nitrogen and oxygen atoms in total. The molecule has 128 valence electrons. The van der Waals surface area contributed by atoms with Crippen molar-refractivity contribution in [1.29, 1.82) is 0 Å². The minimum Gasteiger partial charge on any atom is -0.398 e. The lowest BCUT2D eigenvalue weighted by atomic mass is 10.1. The Labute approximate surface area is 145 Å². The highest BCUT2D eigenvalue weighted by atomic mass is 16.5. The number of ether oxygens (including phenoxy) is 1. The van der Waals surface area contributed by atoms with E-state index in [9.17, 15) is 0 Å². The van der Waals surface area contributed by atoms with Crippen LogP contribution in [0.15, 0.2) is 47.2 Å². The second kappa shape index (κ2) is 7.00. The Hall–Kier alpha value is -2.77. The zero-order valence-corrected chi connectivity index (χ0v) is 13.8. The number of nitrogen functional groups attached to an aromatic ring is 1. The van der Waals surface area contributed by atoms with E-state index in [0.29, 0.717) is 23.0 Å². The molecule has 0 spiro atoms. The Bertz CT molecular complexity index is 858. The molecule has 0 aliphatic carbocycles. The Morgan fingerprint density at radius 3 is 2.88 bits per heavy atom. The van der Waals surface area contributed by atoms with E-state index in [0.717, 1.165) is 38.4 Å². The molecule has 2 aromatic heterocycles. The largest absolute Gasteiger partial charge is 0.398 e. The zero-order valence-electron chi connectivity index (χ0n) is 13.8. The molecule has 1 fully saturated rings. The van der Waals surface area contributed by atoms with Crippen LogP contribution in [0.5, 0.6) is 0 Å². The Kier molecular flexibility index (Phi) is 4.41. The lowest BCUT2D eigenvalue weighted by Gasteiger charge is -2.26. The van der Waals surface area contributed by atoms with Gasteiger partial charge in [0.15, 0.2) is 0 Å². The number of aromatic nitrogens is 3. The molecule has 0 radical (unpaired) electrons. The van der Waals surface area contributed by atoms with Gasteiger partial charge in [0, 0.05) is 43.3 Å². The third-order valence-electron chi connectivity index (χ3n) is 4.21. The van der Waals surface area contributed by atoms with Gasteiger partial charge in [0.05, 0.1) is 18.8 Å². The summed E-state index contributed by atoms with van der Waals surface area (Å²) >= 11 is 0. The second-order valence-corrected chi connectivity index (χ2v) is 5.97. The summed E-state index contributed by atoms with van der Waals surface area (Å²) in [5.41, 5.74) is 9.28. The quantitative estimate of drug-likeness (QED) is 0.780. The monoisotopic (exact) mass is 337 g/mol. The number of benzene rings is 1. The van der Waals surface area contributed by atoms with Crippen molar-refractivity contribution in [1.82, 2.24) is 20.0 Å². The number of rotatable bonds is 4. The van der Waals surface area contributed by atoms with Crippen LogP contribution in [-0.2, 0) is 11.3 Å². The maximum absolute atomic E-state index is 5.95. The molecule has 1 aromatic carbocycles. The van der Waals surface area contributed by atoms with Gasteiger partial charge in [0.1, 0.15) is 0 Å². The van der Waals surface area contributed by atoms with Crippen LogP contribution in [-0.4, -0.2) is 46.3 Å². The minimum absolute atomic E-state index is 0.374. The number of nitrogens with zero attached hydrogens (tertiary/aromatic N) is 4. The van der Waals surface area contributed by atoms with Crippen molar-refractivity contribution in [3.05, 3.63) is 48.3 Å². The van der Waals surface area contributed by atoms with Gasteiger partial charge in [0.2, 0.25) is 5.82 Å².